The van der Waals surface area contributed by atoms with E-state index in [4.69, 9.17) is 23.7 Å². The summed E-state index contributed by atoms with van der Waals surface area (Å²) in [6, 6.07) is 21.9. The largest absolute Gasteiger partial charge is 0.497 e. The Hall–Kier alpha value is -6.03. The molecule has 0 saturated heterocycles. The lowest BCUT2D eigenvalue weighted by Crippen LogP contribution is -2.08. The van der Waals surface area contributed by atoms with Crippen molar-refractivity contribution in [3.63, 3.8) is 0 Å². The highest BCUT2D eigenvalue weighted by atomic mass is 19.4. The van der Waals surface area contributed by atoms with Gasteiger partial charge in [-0.25, -0.2) is 8.78 Å². The van der Waals surface area contributed by atoms with Gasteiger partial charge in [0.15, 0.2) is 0 Å². The van der Waals surface area contributed by atoms with Crippen LogP contribution in [0.15, 0.2) is 72.8 Å². The highest BCUT2D eigenvalue weighted by Crippen LogP contribution is 2.34. The van der Waals surface area contributed by atoms with Crippen molar-refractivity contribution >= 4 is 0 Å². The minimum Gasteiger partial charge on any atom is -0.497 e. The minimum absolute atomic E-state index is 0.207. The van der Waals surface area contributed by atoms with Crippen molar-refractivity contribution in [3.05, 3.63) is 179 Å². The first kappa shape index (κ1) is 64.0. The molecule has 0 N–H and O–H groups in total. The molecule has 0 aliphatic carbocycles. The number of hydrogen-bond donors (Lipinski definition) is 0. The van der Waals surface area contributed by atoms with Crippen molar-refractivity contribution in [1.29, 1.82) is 0 Å². The van der Waals surface area contributed by atoms with Crippen LogP contribution in [0.4, 0.5) is 22.0 Å². The zero-order valence-corrected chi connectivity index (χ0v) is 47.5. The summed E-state index contributed by atoms with van der Waals surface area (Å²) < 4.78 is 88.5. The van der Waals surface area contributed by atoms with E-state index in [0.29, 0.717) is 51.2 Å². The van der Waals surface area contributed by atoms with Crippen LogP contribution in [0.2, 0.25) is 0 Å². The number of alkyl halides is 3. The van der Waals surface area contributed by atoms with E-state index in [2.05, 4.69) is 113 Å². The third-order valence-corrected chi connectivity index (χ3v) is 13.0. The summed E-state index contributed by atoms with van der Waals surface area (Å²) in [6.07, 6.45) is -4.24. The van der Waals surface area contributed by atoms with E-state index in [1.807, 2.05) is 26.0 Å². The molecule has 72 heavy (non-hydrogen) atoms. The van der Waals surface area contributed by atoms with Crippen LogP contribution in [0, 0.1) is 109 Å². The summed E-state index contributed by atoms with van der Waals surface area (Å²) >= 11 is 0. The zero-order chi connectivity index (χ0) is 55.5. The lowest BCUT2D eigenvalue weighted by Gasteiger charge is -2.14. The predicted molar refractivity (Wildman–Crippen MR) is 291 cm³/mol. The normalized spacial score (nSPS) is 10.5. The second kappa shape index (κ2) is 29.5. The molecule has 0 aromatic heterocycles. The van der Waals surface area contributed by atoms with Gasteiger partial charge in [-0.3, -0.25) is 0 Å². The van der Waals surface area contributed by atoms with E-state index in [9.17, 15) is 22.0 Å². The molecule has 0 spiro atoms. The SMILES string of the molecule is COc1cc(C)c(C)c(C(C)C)c1.COc1cc(C)c(C)c(C(C)C)c1.COc1cc(C)c(C)c(C)c1.COc1cc(C)c(C)c(F)c1.COc1cc(C)c(C)c(F)c1.Cc1cc(C)c(C)c(C(F)(F)F)c1. The number of methoxy groups -OCH3 is 5. The van der Waals surface area contributed by atoms with Crippen LogP contribution in [0.25, 0.3) is 0 Å². The lowest BCUT2D eigenvalue weighted by molar-refractivity contribution is -0.138. The lowest BCUT2D eigenvalue weighted by atomic mass is 9.94. The molecule has 5 nitrogen and oxygen atoms in total. The molecule has 0 unspecified atom stereocenters. The molecule has 0 radical (unpaired) electrons. The summed E-state index contributed by atoms with van der Waals surface area (Å²) in [7, 11) is 8.19. The van der Waals surface area contributed by atoms with Crippen molar-refractivity contribution < 1.29 is 45.6 Å². The summed E-state index contributed by atoms with van der Waals surface area (Å²) in [5, 5.41) is 0. The number of hydrogen-bond acceptors (Lipinski definition) is 5. The first-order chi connectivity index (χ1) is 33.4. The van der Waals surface area contributed by atoms with E-state index < -0.39 is 11.7 Å². The first-order valence-electron chi connectivity index (χ1n) is 24.1. The Morgan fingerprint density at radius 3 is 0.833 bits per heavy atom. The van der Waals surface area contributed by atoms with Crippen LogP contribution in [0.5, 0.6) is 28.7 Å². The third kappa shape index (κ3) is 19.5. The molecule has 0 aliphatic rings. The highest BCUT2D eigenvalue weighted by molar-refractivity contribution is 5.44. The molecule has 6 aromatic rings. The van der Waals surface area contributed by atoms with Gasteiger partial charge < -0.3 is 23.7 Å². The van der Waals surface area contributed by atoms with E-state index in [-0.39, 0.29) is 11.6 Å². The molecule has 0 heterocycles. The Kier molecular flexibility index (Phi) is 26.2. The maximum atomic E-state index is 12.9. The van der Waals surface area contributed by atoms with Gasteiger partial charge in [0.05, 0.1) is 41.1 Å². The molecule has 396 valence electrons. The van der Waals surface area contributed by atoms with Gasteiger partial charge >= 0.3 is 6.18 Å². The van der Waals surface area contributed by atoms with E-state index in [1.165, 1.54) is 89.4 Å². The van der Waals surface area contributed by atoms with Crippen molar-refractivity contribution in [3.8, 4) is 28.7 Å². The van der Waals surface area contributed by atoms with Crippen LogP contribution in [-0.2, 0) is 6.18 Å². The van der Waals surface area contributed by atoms with Gasteiger partial charge in [0.2, 0.25) is 0 Å². The molecule has 6 rings (SSSR count). The number of ether oxygens (including phenoxy) is 5. The standard InChI is InChI=1S/2C12H18O.C10H11F3.C10H14O.2C9H11FO/c2*1-8(2)12-7-11(13-5)6-9(3)10(12)4;1-6-4-7(2)8(3)9(5-6)10(11,12)13;1-7-5-10(11-4)6-8(2)9(7)3;2*1-6-4-8(11-3)5-9(10)7(6)2/h2*6-8H,1-5H3;4-5H,1-3H3;5-6H,1-4H3;2*4-5H,1-3H3. The summed E-state index contributed by atoms with van der Waals surface area (Å²) in [6.45, 7) is 35.9. The van der Waals surface area contributed by atoms with Crippen LogP contribution < -0.4 is 23.7 Å². The fourth-order valence-electron chi connectivity index (χ4n) is 7.39. The highest BCUT2D eigenvalue weighted by Gasteiger charge is 2.32. The average molecular weight is 1000 g/mol. The van der Waals surface area contributed by atoms with Crippen molar-refractivity contribution in [1.82, 2.24) is 0 Å². The molecule has 0 atom stereocenters. The quantitative estimate of drug-likeness (QED) is 0.149. The Morgan fingerprint density at radius 2 is 0.569 bits per heavy atom. The Balaban J connectivity index is 0.000000433. The van der Waals surface area contributed by atoms with Crippen LogP contribution in [0.1, 0.15) is 134 Å². The summed E-state index contributed by atoms with van der Waals surface area (Å²) in [4.78, 5) is 0. The minimum atomic E-state index is -4.24. The molecular formula is C62H83F5O5. The summed E-state index contributed by atoms with van der Waals surface area (Å²) in [5.74, 6) is 4.74. The van der Waals surface area contributed by atoms with E-state index in [1.54, 1.807) is 55.1 Å². The molecule has 0 bridgehead atoms. The fraction of sp³-hybridized carbons (Fsp3) is 0.419. The van der Waals surface area contributed by atoms with Gasteiger partial charge in [0.25, 0.3) is 0 Å². The average Bonchev–Trinajstić information content (AvgIpc) is 3.31. The molecule has 0 aliphatic heterocycles. The molecule has 0 amide bonds. The maximum Gasteiger partial charge on any atom is 0.416 e. The number of halogens is 5. The van der Waals surface area contributed by atoms with Crippen LogP contribution in [0.3, 0.4) is 0 Å². The summed E-state index contributed by atoms with van der Waals surface area (Å²) in [5.41, 5.74) is 16.4. The van der Waals surface area contributed by atoms with Crippen molar-refractivity contribution in [2.45, 2.75) is 143 Å². The van der Waals surface area contributed by atoms with Gasteiger partial charge in [-0.05, 0) is 247 Å². The van der Waals surface area contributed by atoms with Gasteiger partial charge in [0, 0.05) is 12.1 Å². The molecule has 10 heteroatoms. The second-order valence-corrected chi connectivity index (χ2v) is 18.9. The molecular weight excluding hydrogens is 920 g/mol. The van der Waals surface area contributed by atoms with Gasteiger partial charge in [-0.2, -0.15) is 13.2 Å². The Labute approximate surface area is 430 Å². The fourth-order valence-corrected chi connectivity index (χ4v) is 7.39. The van der Waals surface area contributed by atoms with E-state index >= 15 is 0 Å². The smallest absolute Gasteiger partial charge is 0.416 e. The molecule has 6 aromatic carbocycles. The topological polar surface area (TPSA) is 46.2 Å². The van der Waals surface area contributed by atoms with Gasteiger partial charge in [-0.1, -0.05) is 39.3 Å². The van der Waals surface area contributed by atoms with Gasteiger partial charge in [-0.15, -0.1) is 0 Å². The number of rotatable bonds is 7. The number of benzene rings is 6. The third-order valence-electron chi connectivity index (χ3n) is 13.0. The van der Waals surface area contributed by atoms with Crippen molar-refractivity contribution in [2.75, 3.05) is 35.5 Å². The van der Waals surface area contributed by atoms with E-state index in [0.717, 1.165) is 28.4 Å². The Bertz CT molecular complexity index is 2410. The molecule has 0 saturated carbocycles. The first-order valence-corrected chi connectivity index (χ1v) is 24.1. The number of aryl methyl sites for hydroxylation is 8. The monoisotopic (exact) mass is 1000 g/mol. The predicted octanol–water partition coefficient (Wildman–Crippen LogP) is 18.0. The maximum absolute atomic E-state index is 12.9. The van der Waals surface area contributed by atoms with Crippen LogP contribution >= 0.6 is 0 Å². The van der Waals surface area contributed by atoms with Gasteiger partial charge in [0.1, 0.15) is 40.4 Å². The molecule has 0 fully saturated rings. The van der Waals surface area contributed by atoms with Crippen molar-refractivity contribution in [2.24, 2.45) is 0 Å². The second-order valence-electron chi connectivity index (χ2n) is 18.9. The zero-order valence-electron chi connectivity index (χ0n) is 47.5. The Morgan fingerprint density at radius 1 is 0.319 bits per heavy atom. The van der Waals surface area contributed by atoms with Crippen LogP contribution in [-0.4, -0.2) is 35.5 Å².